The summed E-state index contributed by atoms with van der Waals surface area (Å²) in [6.45, 7) is 2.73. The van der Waals surface area contributed by atoms with Crippen molar-refractivity contribution in [3.63, 3.8) is 0 Å². The van der Waals surface area contributed by atoms with E-state index in [1.165, 1.54) is 0 Å². The Hall–Kier alpha value is -3.73. The third-order valence-electron chi connectivity index (χ3n) is 4.80. The summed E-state index contributed by atoms with van der Waals surface area (Å²) in [5, 5.41) is 9.43. The third kappa shape index (κ3) is 3.80. The largest absolute Gasteiger partial charge is 0.478 e. The predicted octanol–water partition coefficient (Wildman–Crippen LogP) is 5.27. The Balaban J connectivity index is 1.68. The summed E-state index contributed by atoms with van der Waals surface area (Å²) >= 11 is 0. The number of aromatic carboxylic acids is 1. The lowest BCUT2D eigenvalue weighted by Gasteiger charge is -2.09. The van der Waals surface area contributed by atoms with Crippen molar-refractivity contribution in [2.75, 3.05) is 0 Å². The van der Waals surface area contributed by atoms with Crippen molar-refractivity contribution >= 4 is 23.2 Å². The third-order valence-corrected chi connectivity index (χ3v) is 4.80. The van der Waals surface area contributed by atoms with E-state index in [1.54, 1.807) is 18.3 Å². The van der Waals surface area contributed by atoms with Gasteiger partial charge in [-0.3, -0.25) is 0 Å². The number of nitrogens with zero attached hydrogens (tertiary/aromatic N) is 3. The zero-order valence-corrected chi connectivity index (χ0v) is 16.1. The molecule has 2 aromatic heterocycles. The topological polar surface area (TPSA) is 68.0 Å². The van der Waals surface area contributed by atoms with Crippen molar-refractivity contribution in [1.29, 1.82) is 0 Å². The Labute approximate surface area is 169 Å². The highest BCUT2D eigenvalue weighted by molar-refractivity contribution is 5.96. The van der Waals surface area contributed by atoms with Crippen molar-refractivity contribution < 1.29 is 9.90 Å². The number of carboxylic acid groups (broad SMARTS) is 1. The van der Waals surface area contributed by atoms with Gasteiger partial charge in [0.05, 0.1) is 12.1 Å². The summed E-state index contributed by atoms with van der Waals surface area (Å²) in [5.41, 5.74) is 4.72. The van der Waals surface area contributed by atoms with Crippen LogP contribution in [0.4, 0.5) is 0 Å². The molecule has 4 rings (SSSR count). The Bertz CT molecular complexity index is 1190. The molecule has 4 aromatic rings. The molecule has 0 saturated heterocycles. The number of fused-ring (bicyclic) bond motifs is 1. The van der Waals surface area contributed by atoms with E-state index < -0.39 is 5.97 Å². The van der Waals surface area contributed by atoms with E-state index in [1.807, 2.05) is 54.6 Å². The normalized spacial score (nSPS) is 11.3. The maximum Gasteiger partial charge on any atom is 0.336 e. The second kappa shape index (κ2) is 8.10. The fourth-order valence-electron chi connectivity index (χ4n) is 3.38. The lowest BCUT2D eigenvalue weighted by atomic mass is 9.99. The molecule has 29 heavy (non-hydrogen) atoms. The van der Waals surface area contributed by atoms with Gasteiger partial charge in [0.2, 0.25) is 0 Å². The van der Waals surface area contributed by atoms with Crippen LogP contribution in [0.3, 0.4) is 0 Å². The molecule has 2 heterocycles. The maximum atomic E-state index is 11.5. The maximum absolute atomic E-state index is 11.5. The summed E-state index contributed by atoms with van der Waals surface area (Å²) < 4.78 is 2.10. The smallest absolute Gasteiger partial charge is 0.336 e. The number of rotatable bonds is 6. The SMILES string of the molecule is CCC=Cc1nc2cccnc2n1Cc1ccc(-c2ccccc2C(=O)O)cc1. The Morgan fingerprint density at radius 1 is 1.07 bits per heavy atom. The molecule has 0 spiro atoms. The number of hydrogen-bond donors (Lipinski definition) is 1. The number of carbonyl (C=O) groups is 1. The lowest BCUT2D eigenvalue weighted by molar-refractivity contribution is 0.0697. The molecule has 0 aliphatic carbocycles. The van der Waals surface area contributed by atoms with E-state index in [-0.39, 0.29) is 0 Å². The molecular formula is C24H21N3O2. The van der Waals surface area contributed by atoms with Gasteiger partial charge in [0.25, 0.3) is 0 Å². The average molecular weight is 383 g/mol. The number of carboxylic acids is 1. The molecule has 0 saturated carbocycles. The standard InChI is InChI=1S/C24H21N3O2/c1-2-3-10-22-26-21-9-6-15-25-23(21)27(22)16-17-11-13-18(14-12-17)19-7-4-5-8-20(19)24(28)29/h3-15H,2,16H2,1H3,(H,28,29). The van der Waals surface area contributed by atoms with Gasteiger partial charge in [-0.05, 0) is 47.4 Å². The summed E-state index contributed by atoms with van der Waals surface area (Å²) in [4.78, 5) is 20.7. The van der Waals surface area contributed by atoms with Crippen molar-refractivity contribution in [3.8, 4) is 11.1 Å². The van der Waals surface area contributed by atoms with Crippen LogP contribution in [0.15, 0.2) is 72.9 Å². The second-order valence-corrected chi connectivity index (χ2v) is 6.76. The summed E-state index contributed by atoms with van der Waals surface area (Å²) in [6.07, 6.45) is 6.83. The van der Waals surface area contributed by atoms with Crippen LogP contribution in [0.1, 0.15) is 35.1 Å². The number of benzene rings is 2. The molecule has 5 heteroatoms. The van der Waals surface area contributed by atoms with Gasteiger partial charge in [0.1, 0.15) is 11.3 Å². The molecule has 144 valence electrons. The van der Waals surface area contributed by atoms with Crippen LogP contribution in [0.25, 0.3) is 28.4 Å². The molecule has 0 atom stereocenters. The van der Waals surface area contributed by atoms with Crippen LogP contribution < -0.4 is 0 Å². The van der Waals surface area contributed by atoms with Gasteiger partial charge in [-0.15, -0.1) is 0 Å². The zero-order valence-electron chi connectivity index (χ0n) is 16.1. The number of aromatic nitrogens is 3. The van der Waals surface area contributed by atoms with Crippen LogP contribution in [-0.4, -0.2) is 25.6 Å². The van der Waals surface area contributed by atoms with Crippen molar-refractivity contribution in [1.82, 2.24) is 14.5 Å². The van der Waals surface area contributed by atoms with Crippen molar-refractivity contribution in [2.45, 2.75) is 19.9 Å². The minimum Gasteiger partial charge on any atom is -0.478 e. The Morgan fingerprint density at radius 3 is 2.62 bits per heavy atom. The lowest BCUT2D eigenvalue weighted by Crippen LogP contribution is -2.03. The van der Waals surface area contributed by atoms with Crippen LogP contribution in [-0.2, 0) is 6.54 Å². The van der Waals surface area contributed by atoms with Crippen LogP contribution in [0.5, 0.6) is 0 Å². The molecule has 0 aliphatic rings. The highest BCUT2D eigenvalue weighted by Gasteiger charge is 2.12. The quantitative estimate of drug-likeness (QED) is 0.493. The first kappa shape index (κ1) is 18.6. The highest BCUT2D eigenvalue weighted by atomic mass is 16.4. The fraction of sp³-hybridized carbons (Fsp3) is 0.125. The monoisotopic (exact) mass is 383 g/mol. The number of hydrogen-bond acceptors (Lipinski definition) is 3. The summed E-state index contributed by atoms with van der Waals surface area (Å²) in [7, 11) is 0. The molecule has 5 nitrogen and oxygen atoms in total. The summed E-state index contributed by atoms with van der Waals surface area (Å²) in [5.74, 6) is -0.0474. The molecule has 2 aromatic carbocycles. The summed E-state index contributed by atoms with van der Waals surface area (Å²) in [6, 6.07) is 18.9. The minimum absolute atomic E-state index is 0.303. The van der Waals surface area contributed by atoms with E-state index >= 15 is 0 Å². The molecule has 0 radical (unpaired) electrons. The fourth-order valence-corrected chi connectivity index (χ4v) is 3.38. The first-order valence-corrected chi connectivity index (χ1v) is 9.57. The Kier molecular flexibility index (Phi) is 5.20. The Morgan fingerprint density at radius 2 is 1.86 bits per heavy atom. The first-order valence-electron chi connectivity index (χ1n) is 9.57. The van der Waals surface area contributed by atoms with E-state index in [0.717, 1.165) is 34.5 Å². The van der Waals surface area contributed by atoms with E-state index in [4.69, 9.17) is 4.98 Å². The molecule has 1 N–H and O–H groups in total. The van der Waals surface area contributed by atoms with Crippen LogP contribution in [0.2, 0.25) is 0 Å². The zero-order chi connectivity index (χ0) is 20.2. The van der Waals surface area contributed by atoms with Gasteiger partial charge in [-0.2, -0.15) is 0 Å². The van der Waals surface area contributed by atoms with Gasteiger partial charge in [-0.25, -0.2) is 14.8 Å². The van der Waals surface area contributed by atoms with E-state index in [2.05, 4.69) is 22.6 Å². The number of pyridine rings is 1. The number of allylic oxidation sites excluding steroid dienone is 1. The van der Waals surface area contributed by atoms with Gasteiger partial charge in [0, 0.05) is 6.20 Å². The van der Waals surface area contributed by atoms with Crippen molar-refractivity contribution in [2.24, 2.45) is 0 Å². The van der Waals surface area contributed by atoms with Gasteiger partial charge in [0.15, 0.2) is 5.65 Å². The van der Waals surface area contributed by atoms with Crippen molar-refractivity contribution in [3.05, 3.63) is 89.9 Å². The molecular weight excluding hydrogens is 362 g/mol. The molecule has 0 bridgehead atoms. The molecule has 0 fully saturated rings. The highest BCUT2D eigenvalue weighted by Crippen LogP contribution is 2.25. The van der Waals surface area contributed by atoms with Crippen LogP contribution >= 0.6 is 0 Å². The predicted molar refractivity (Wildman–Crippen MR) is 115 cm³/mol. The molecule has 0 aliphatic heterocycles. The van der Waals surface area contributed by atoms with E-state index in [9.17, 15) is 9.90 Å². The first-order chi connectivity index (χ1) is 14.2. The number of imidazole rings is 1. The van der Waals surface area contributed by atoms with Gasteiger partial charge < -0.3 is 9.67 Å². The average Bonchev–Trinajstić information content (AvgIpc) is 3.10. The van der Waals surface area contributed by atoms with Gasteiger partial charge >= 0.3 is 5.97 Å². The second-order valence-electron chi connectivity index (χ2n) is 6.76. The molecule has 0 unspecified atom stereocenters. The minimum atomic E-state index is -0.923. The van der Waals surface area contributed by atoms with Crippen LogP contribution in [0, 0.1) is 0 Å². The van der Waals surface area contributed by atoms with Gasteiger partial charge in [-0.1, -0.05) is 55.5 Å². The van der Waals surface area contributed by atoms with E-state index in [0.29, 0.717) is 17.7 Å². The molecule has 0 amide bonds.